The summed E-state index contributed by atoms with van der Waals surface area (Å²) in [5.41, 5.74) is 0. The Balaban J connectivity index is 2.54. The topological polar surface area (TPSA) is 69.6 Å². The number of carbonyl (C=O) groups is 2. The van der Waals surface area contributed by atoms with Crippen LogP contribution in [0.4, 0.5) is 4.79 Å². The van der Waals surface area contributed by atoms with Crippen LogP contribution in [0, 0.1) is 11.8 Å². The zero-order chi connectivity index (χ0) is 14.6. The smallest absolute Gasteiger partial charge is 0.326 e. The molecule has 0 unspecified atom stereocenters. The number of urea groups is 1. The molecule has 1 aliphatic rings. The van der Waals surface area contributed by atoms with Crippen molar-refractivity contribution in [3.05, 3.63) is 0 Å². The predicted molar refractivity (Wildman–Crippen MR) is 74.0 cm³/mol. The summed E-state index contributed by atoms with van der Waals surface area (Å²) in [4.78, 5) is 24.9. The number of hydrogen-bond donors (Lipinski definition) is 2. The first-order valence-electron chi connectivity index (χ1n) is 7.09. The molecule has 19 heavy (non-hydrogen) atoms. The highest BCUT2D eigenvalue weighted by Crippen LogP contribution is 2.26. The molecule has 0 aliphatic heterocycles. The molecule has 0 aromatic rings. The van der Waals surface area contributed by atoms with Gasteiger partial charge in [-0.2, -0.15) is 0 Å². The summed E-state index contributed by atoms with van der Waals surface area (Å²) in [5.74, 6) is -0.370. The Labute approximate surface area is 115 Å². The Bertz CT molecular complexity index is 323. The van der Waals surface area contributed by atoms with Crippen LogP contribution in [0.15, 0.2) is 0 Å². The first-order chi connectivity index (χ1) is 8.82. The number of carbonyl (C=O) groups excluding carboxylic acids is 1. The number of nitrogens with zero attached hydrogens (tertiary/aromatic N) is 1. The average Bonchev–Trinajstić information content (AvgIpc) is 2.34. The molecule has 0 aromatic heterocycles. The van der Waals surface area contributed by atoms with E-state index in [-0.39, 0.29) is 18.0 Å². The standard InChI is InChI=1S/C14H26N2O3/c1-9(2)12(13(17)18)15-14(19)16(4)11-7-5-10(3)6-8-11/h9-12H,5-8H2,1-4H3,(H,15,19)(H,17,18)/t10?,11?,12-/m1/s1. The summed E-state index contributed by atoms with van der Waals surface area (Å²) in [6.45, 7) is 5.82. The Hall–Kier alpha value is -1.26. The van der Waals surface area contributed by atoms with E-state index < -0.39 is 12.0 Å². The largest absolute Gasteiger partial charge is 0.480 e. The quantitative estimate of drug-likeness (QED) is 0.823. The van der Waals surface area contributed by atoms with Gasteiger partial charge in [0, 0.05) is 13.1 Å². The van der Waals surface area contributed by atoms with Crippen molar-refractivity contribution in [3.8, 4) is 0 Å². The predicted octanol–water partition coefficient (Wildman–Crippen LogP) is 2.32. The van der Waals surface area contributed by atoms with E-state index in [1.54, 1.807) is 25.8 Å². The second-order valence-corrected chi connectivity index (χ2v) is 6.03. The van der Waals surface area contributed by atoms with Gasteiger partial charge in [0.1, 0.15) is 6.04 Å². The van der Waals surface area contributed by atoms with Gasteiger partial charge in [-0.3, -0.25) is 0 Å². The van der Waals surface area contributed by atoms with Crippen LogP contribution in [-0.4, -0.2) is 41.1 Å². The molecule has 2 amide bonds. The van der Waals surface area contributed by atoms with Gasteiger partial charge in [-0.05, 0) is 37.5 Å². The van der Waals surface area contributed by atoms with Gasteiger partial charge in [-0.1, -0.05) is 20.8 Å². The molecule has 0 spiro atoms. The Morgan fingerprint density at radius 3 is 2.16 bits per heavy atom. The van der Waals surface area contributed by atoms with Crippen molar-refractivity contribution >= 4 is 12.0 Å². The molecule has 0 radical (unpaired) electrons. The van der Waals surface area contributed by atoms with Crippen molar-refractivity contribution in [2.45, 2.75) is 58.5 Å². The van der Waals surface area contributed by atoms with E-state index in [2.05, 4.69) is 12.2 Å². The van der Waals surface area contributed by atoms with Crippen LogP contribution < -0.4 is 5.32 Å². The molecule has 2 N–H and O–H groups in total. The number of amides is 2. The minimum Gasteiger partial charge on any atom is -0.480 e. The summed E-state index contributed by atoms with van der Waals surface area (Å²) in [6.07, 6.45) is 4.28. The molecular formula is C14H26N2O3. The SMILES string of the molecule is CC1CCC(N(C)C(=O)N[C@@H](C(=O)O)C(C)C)CC1. The number of hydrogen-bond acceptors (Lipinski definition) is 2. The van der Waals surface area contributed by atoms with Gasteiger partial charge in [0.15, 0.2) is 0 Å². The maximum Gasteiger partial charge on any atom is 0.326 e. The highest BCUT2D eigenvalue weighted by Gasteiger charge is 2.29. The van der Waals surface area contributed by atoms with Crippen LogP contribution in [0.2, 0.25) is 0 Å². The number of rotatable bonds is 4. The lowest BCUT2D eigenvalue weighted by Gasteiger charge is -2.34. The fourth-order valence-corrected chi connectivity index (χ4v) is 2.54. The van der Waals surface area contributed by atoms with Crippen molar-refractivity contribution in [2.75, 3.05) is 7.05 Å². The fourth-order valence-electron chi connectivity index (χ4n) is 2.54. The van der Waals surface area contributed by atoms with Crippen molar-refractivity contribution in [3.63, 3.8) is 0 Å². The van der Waals surface area contributed by atoms with Crippen molar-refractivity contribution in [1.29, 1.82) is 0 Å². The van der Waals surface area contributed by atoms with E-state index >= 15 is 0 Å². The summed E-state index contributed by atoms with van der Waals surface area (Å²) >= 11 is 0. The van der Waals surface area contributed by atoms with Crippen LogP contribution in [-0.2, 0) is 4.79 Å². The minimum atomic E-state index is -0.978. The van der Waals surface area contributed by atoms with Gasteiger partial charge in [0.2, 0.25) is 0 Å². The van der Waals surface area contributed by atoms with Crippen LogP contribution in [0.3, 0.4) is 0 Å². The summed E-state index contributed by atoms with van der Waals surface area (Å²) in [7, 11) is 1.76. The minimum absolute atomic E-state index is 0.124. The number of carboxylic acid groups (broad SMARTS) is 1. The molecule has 0 saturated heterocycles. The normalized spacial score (nSPS) is 24.9. The average molecular weight is 270 g/mol. The Morgan fingerprint density at radius 2 is 1.74 bits per heavy atom. The summed E-state index contributed by atoms with van der Waals surface area (Å²) in [5, 5.41) is 11.7. The van der Waals surface area contributed by atoms with Gasteiger partial charge in [-0.15, -0.1) is 0 Å². The lowest BCUT2D eigenvalue weighted by molar-refractivity contribution is -0.140. The Morgan fingerprint density at radius 1 is 1.21 bits per heavy atom. The first kappa shape index (κ1) is 15.8. The van der Waals surface area contributed by atoms with E-state index in [0.717, 1.165) is 31.6 Å². The Kier molecular flexibility index (Phi) is 5.63. The van der Waals surface area contributed by atoms with Gasteiger partial charge >= 0.3 is 12.0 Å². The maximum atomic E-state index is 12.1. The first-order valence-corrected chi connectivity index (χ1v) is 7.09. The highest BCUT2D eigenvalue weighted by atomic mass is 16.4. The third-order valence-corrected chi connectivity index (χ3v) is 4.07. The molecule has 1 fully saturated rings. The van der Waals surface area contributed by atoms with Crippen molar-refractivity contribution in [1.82, 2.24) is 10.2 Å². The molecule has 110 valence electrons. The van der Waals surface area contributed by atoms with E-state index in [4.69, 9.17) is 5.11 Å². The third-order valence-electron chi connectivity index (χ3n) is 4.07. The van der Waals surface area contributed by atoms with Gasteiger partial charge in [0.05, 0.1) is 0 Å². The zero-order valence-corrected chi connectivity index (χ0v) is 12.3. The van der Waals surface area contributed by atoms with Gasteiger partial charge in [-0.25, -0.2) is 9.59 Å². The second kappa shape index (κ2) is 6.78. The lowest BCUT2D eigenvalue weighted by Crippen LogP contribution is -2.52. The lowest BCUT2D eigenvalue weighted by atomic mass is 9.87. The van der Waals surface area contributed by atoms with Gasteiger partial charge in [0.25, 0.3) is 0 Å². The third kappa shape index (κ3) is 4.40. The monoisotopic (exact) mass is 270 g/mol. The molecule has 1 aliphatic carbocycles. The van der Waals surface area contributed by atoms with Crippen LogP contribution >= 0.6 is 0 Å². The summed E-state index contributed by atoms with van der Waals surface area (Å²) < 4.78 is 0. The summed E-state index contributed by atoms with van der Waals surface area (Å²) in [6, 6.07) is -0.865. The fraction of sp³-hybridized carbons (Fsp3) is 0.857. The molecular weight excluding hydrogens is 244 g/mol. The van der Waals surface area contributed by atoms with Crippen LogP contribution in [0.5, 0.6) is 0 Å². The van der Waals surface area contributed by atoms with Gasteiger partial charge < -0.3 is 15.3 Å². The molecule has 1 rings (SSSR count). The van der Waals surface area contributed by atoms with Crippen molar-refractivity contribution < 1.29 is 14.7 Å². The van der Waals surface area contributed by atoms with Crippen molar-refractivity contribution in [2.24, 2.45) is 11.8 Å². The molecule has 1 atom stereocenters. The zero-order valence-electron chi connectivity index (χ0n) is 12.3. The van der Waals surface area contributed by atoms with E-state index in [0.29, 0.717) is 0 Å². The molecule has 0 aromatic carbocycles. The van der Waals surface area contributed by atoms with E-state index in [1.807, 2.05) is 0 Å². The van der Waals surface area contributed by atoms with Crippen LogP contribution in [0.25, 0.3) is 0 Å². The van der Waals surface area contributed by atoms with E-state index in [1.165, 1.54) is 0 Å². The number of aliphatic carboxylic acids is 1. The highest BCUT2D eigenvalue weighted by molar-refractivity contribution is 5.82. The number of nitrogens with one attached hydrogen (secondary N) is 1. The van der Waals surface area contributed by atoms with Crippen LogP contribution in [0.1, 0.15) is 46.5 Å². The molecule has 1 saturated carbocycles. The molecule has 0 bridgehead atoms. The second-order valence-electron chi connectivity index (χ2n) is 6.03. The molecule has 0 heterocycles. The molecule has 5 heteroatoms. The van der Waals surface area contributed by atoms with E-state index in [9.17, 15) is 9.59 Å². The molecule has 5 nitrogen and oxygen atoms in total. The number of carboxylic acids is 1. The maximum absolute atomic E-state index is 12.1.